The Labute approximate surface area is 545 Å². The van der Waals surface area contributed by atoms with E-state index in [9.17, 15) is 92.7 Å². The largest absolute Gasteiger partial charge is 0.508 e. The number of nitrogens with two attached hydrogens (primary N) is 3. The molecule has 0 aliphatic carbocycles. The maximum atomic E-state index is 14.1. The van der Waals surface area contributed by atoms with Gasteiger partial charge in [-0.1, -0.05) is 54.6 Å². The highest BCUT2D eigenvalue weighted by atomic mass is 32.1. The first kappa shape index (κ1) is 76.5. The number of carbonyl (C=O) groups is 14. The molecule has 0 radical (unpaired) electrons. The first-order chi connectivity index (χ1) is 44.5. The number of aliphatic hydroxyl groups excluding tert-OH is 1. The van der Waals surface area contributed by atoms with Crippen molar-refractivity contribution in [1.82, 2.24) is 58.1 Å². The van der Waals surface area contributed by atoms with E-state index in [0.717, 1.165) is 11.8 Å². The molecular weight excluding hydrogens is 1250 g/mol. The van der Waals surface area contributed by atoms with Gasteiger partial charge in [0.15, 0.2) is 0 Å². The predicted molar refractivity (Wildman–Crippen MR) is 336 cm³/mol. The number of aliphatic hydroxyl groups is 1. The van der Waals surface area contributed by atoms with Crippen LogP contribution in [-0.4, -0.2) is 212 Å². The number of phenols is 2. The number of carbonyl (C=O) groups excluding carboxylic acids is 12. The number of unbranched alkanes of at least 4 members (excludes halogenated alkanes) is 1. The van der Waals surface area contributed by atoms with Gasteiger partial charge < -0.3 is 101 Å². The average Bonchev–Trinajstić information content (AvgIpc) is 1.60. The number of aromatic hydroxyl groups is 2. The van der Waals surface area contributed by atoms with Crippen LogP contribution >= 0.6 is 12.6 Å². The summed E-state index contributed by atoms with van der Waals surface area (Å²) in [5, 5.41) is 72.8. The third kappa shape index (κ3) is 25.6. The van der Waals surface area contributed by atoms with Crippen LogP contribution in [0.4, 0.5) is 0 Å². The molecule has 512 valence electrons. The van der Waals surface area contributed by atoms with Crippen LogP contribution in [0.3, 0.4) is 0 Å². The van der Waals surface area contributed by atoms with Gasteiger partial charge in [0, 0.05) is 25.1 Å². The summed E-state index contributed by atoms with van der Waals surface area (Å²) in [5.74, 6) is -15.5. The van der Waals surface area contributed by atoms with Crippen molar-refractivity contribution in [3.05, 3.63) is 95.6 Å². The standard InChI is InChI=1S/C60H82N14O19S/c1-31(66-56(88)44(30-94)72-54(86)40(24-35-15-19-37(77)20-16-35)69-52(84)38(62)23-34-13-17-36(76)18-14-34)51(83)68-39(11-6-7-21-61)53(85)70-41(26-46(63)78)55(87)71-42(27-49(81)82)59(91)74-22-8-12-45(74)57(89)64-29-48(80)73-50(32(2)75)58(90)65-28-47(79)67-43(60(92)93)25-33-9-4-3-5-10-33/h3-5,9-10,13-20,31-32,38-45,50,75-77,94H,6-8,11-12,21-30,61-62H2,1-2H3,(H2,63,78)(H,64,89)(H,65,90)(H,66,88)(H,67,79)(H,68,83)(H,69,84)(H,70,85)(H,71,87)(H,72,86)(H,73,80)(H,81,82)(H,92,93)/t31-,32+,38-,39-,40-,41-,42-,43-,44-,45-,50-/m0/s1. The lowest BCUT2D eigenvalue weighted by Crippen LogP contribution is -2.60. The Morgan fingerprint density at radius 2 is 1.07 bits per heavy atom. The molecule has 4 rings (SSSR count). The van der Waals surface area contributed by atoms with Crippen LogP contribution in [-0.2, 0) is 86.4 Å². The van der Waals surface area contributed by atoms with Crippen LogP contribution in [0.1, 0.15) is 75.5 Å². The summed E-state index contributed by atoms with van der Waals surface area (Å²) in [7, 11) is 0. The lowest BCUT2D eigenvalue weighted by Gasteiger charge is -2.29. The molecule has 11 atom stereocenters. The van der Waals surface area contributed by atoms with Crippen molar-refractivity contribution in [1.29, 1.82) is 0 Å². The SMILES string of the molecule is C[C@H](NC(=O)[C@H](CS)NC(=O)[C@H](Cc1ccc(O)cc1)NC(=O)[C@@H](N)Cc1ccc(O)cc1)C(=O)N[C@@H](CCCCN)C(=O)N[C@@H](CC(N)=O)C(=O)N[C@@H](CC(=O)O)C(=O)N1CCC[C@H]1C(=O)NCC(=O)N[C@H](C(=O)NCC(=O)N[C@@H](Cc1ccccc1)C(=O)O)[C@@H](C)O. The summed E-state index contributed by atoms with van der Waals surface area (Å²) in [6.45, 7) is 0.756. The zero-order valence-electron chi connectivity index (χ0n) is 51.5. The minimum Gasteiger partial charge on any atom is -0.508 e. The third-order valence-corrected chi connectivity index (χ3v) is 15.0. The van der Waals surface area contributed by atoms with Crippen molar-refractivity contribution < 1.29 is 92.7 Å². The summed E-state index contributed by atoms with van der Waals surface area (Å²) in [6.07, 6.45) is -3.28. The molecule has 0 saturated carbocycles. The van der Waals surface area contributed by atoms with Gasteiger partial charge >= 0.3 is 11.9 Å². The van der Waals surface area contributed by atoms with E-state index < -0.39 is 175 Å². The third-order valence-electron chi connectivity index (χ3n) is 14.6. The Balaban J connectivity index is 1.39. The smallest absolute Gasteiger partial charge is 0.326 e. The average molecular weight is 1340 g/mol. The second-order valence-corrected chi connectivity index (χ2v) is 22.5. The number of rotatable bonds is 38. The number of benzene rings is 3. The van der Waals surface area contributed by atoms with E-state index in [1.807, 2.05) is 0 Å². The highest BCUT2D eigenvalue weighted by molar-refractivity contribution is 7.80. The lowest BCUT2D eigenvalue weighted by molar-refractivity contribution is -0.146. The molecule has 12 amide bonds. The molecule has 3 aromatic carbocycles. The van der Waals surface area contributed by atoms with Gasteiger partial charge in [0.1, 0.15) is 65.9 Å². The molecule has 1 fully saturated rings. The van der Waals surface area contributed by atoms with E-state index in [2.05, 4.69) is 65.8 Å². The topological polar surface area (TPSA) is 542 Å². The Bertz CT molecular complexity index is 3160. The maximum Gasteiger partial charge on any atom is 0.326 e. The predicted octanol–water partition coefficient (Wildman–Crippen LogP) is -5.55. The molecule has 1 aliphatic heterocycles. The second kappa shape index (κ2) is 38.2. The molecule has 34 heteroatoms. The van der Waals surface area contributed by atoms with Gasteiger partial charge in [-0.2, -0.15) is 12.6 Å². The maximum absolute atomic E-state index is 14.1. The van der Waals surface area contributed by atoms with Crippen LogP contribution in [0.5, 0.6) is 11.5 Å². The Morgan fingerprint density at radius 3 is 1.65 bits per heavy atom. The molecular formula is C60H82N14O19S. The highest BCUT2D eigenvalue weighted by Crippen LogP contribution is 2.20. The Hall–Kier alpha value is -9.93. The van der Waals surface area contributed by atoms with Gasteiger partial charge in [-0.25, -0.2) is 4.79 Å². The molecule has 3 aromatic rings. The highest BCUT2D eigenvalue weighted by Gasteiger charge is 2.41. The summed E-state index contributed by atoms with van der Waals surface area (Å²) in [5.41, 5.74) is 19.0. The number of hydrogen-bond acceptors (Lipinski definition) is 20. The number of primary amides is 1. The molecule has 1 aliphatic rings. The number of likely N-dealkylation sites (tertiary alicyclic amines) is 1. The molecule has 0 unspecified atom stereocenters. The van der Waals surface area contributed by atoms with Gasteiger partial charge in [-0.3, -0.25) is 62.3 Å². The lowest BCUT2D eigenvalue weighted by atomic mass is 10.0. The van der Waals surface area contributed by atoms with Gasteiger partial charge in [0.05, 0.1) is 38.1 Å². The number of nitrogens with zero attached hydrogens (tertiary/aromatic N) is 1. The first-order valence-electron chi connectivity index (χ1n) is 29.8. The number of carboxylic acid groups (broad SMARTS) is 2. The van der Waals surface area contributed by atoms with Crippen LogP contribution in [0.15, 0.2) is 78.9 Å². The monoisotopic (exact) mass is 1330 g/mol. The van der Waals surface area contributed by atoms with Crippen molar-refractivity contribution in [3.8, 4) is 11.5 Å². The second-order valence-electron chi connectivity index (χ2n) is 22.2. The minimum atomic E-state index is -1.96. The summed E-state index contributed by atoms with van der Waals surface area (Å²) in [6, 6.07) is 4.82. The molecule has 21 N–H and O–H groups in total. The Kier molecular flexibility index (Phi) is 31.1. The zero-order valence-corrected chi connectivity index (χ0v) is 52.4. The summed E-state index contributed by atoms with van der Waals surface area (Å²) < 4.78 is 0. The quantitative estimate of drug-likeness (QED) is 0.0188. The number of nitrogens with one attached hydrogen (secondary N) is 10. The molecule has 0 aromatic heterocycles. The fourth-order valence-corrected chi connectivity index (χ4v) is 9.82. The van der Waals surface area contributed by atoms with Crippen LogP contribution in [0, 0.1) is 0 Å². The van der Waals surface area contributed by atoms with E-state index in [-0.39, 0.29) is 75.3 Å². The van der Waals surface area contributed by atoms with E-state index >= 15 is 0 Å². The number of thiol groups is 1. The number of aliphatic carboxylic acids is 2. The van der Waals surface area contributed by atoms with Gasteiger partial charge in [-0.05, 0) is 99.9 Å². The molecule has 1 saturated heterocycles. The van der Waals surface area contributed by atoms with Crippen molar-refractivity contribution in [2.24, 2.45) is 17.2 Å². The molecule has 0 bridgehead atoms. The van der Waals surface area contributed by atoms with E-state index in [1.54, 1.807) is 42.5 Å². The van der Waals surface area contributed by atoms with Crippen molar-refractivity contribution in [2.75, 3.05) is 31.9 Å². The van der Waals surface area contributed by atoms with Crippen molar-refractivity contribution in [3.63, 3.8) is 0 Å². The molecule has 33 nitrogen and oxygen atoms in total. The number of hydrogen-bond donors (Lipinski definition) is 19. The first-order valence-corrected chi connectivity index (χ1v) is 30.5. The fourth-order valence-electron chi connectivity index (χ4n) is 9.56. The molecule has 0 spiro atoms. The number of phenolic OH excluding ortho intramolecular Hbond substituents is 2. The Morgan fingerprint density at radius 1 is 0.564 bits per heavy atom. The van der Waals surface area contributed by atoms with Crippen LogP contribution < -0.4 is 70.4 Å². The number of amides is 12. The van der Waals surface area contributed by atoms with Crippen LogP contribution in [0.2, 0.25) is 0 Å². The fraction of sp³-hybridized carbons (Fsp3) is 0.467. The van der Waals surface area contributed by atoms with Gasteiger partial charge in [0.25, 0.3) is 0 Å². The number of carboxylic acids is 2. The minimum absolute atomic E-state index is 0.00838. The van der Waals surface area contributed by atoms with Crippen LogP contribution in [0.25, 0.3) is 0 Å². The molecule has 1 heterocycles. The van der Waals surface area contributed by atoms with E-state index in [1.165, 1.54) is 43.3 Å². The van der Waals surface area contributed by atoms with Crippen molar-refractivity contribution in [2.45, 2.75) is 145 Å². The summed E-state index contributed by atoms with van der Waals surface area (Å²) >= 11 is 4.22. The van der Waals surface area contributed by atoms with Gasteiger partial charge in [-0.15, -0.1) is 0 Å². The zero-order chi connectivity index (χ0) is 69.8. The summed E-state index contributed by atoms with van der Waals surface area (Å²) in [4.78, 5) is 186. The van der Waals surface area contributed by atoms with Gasteiger partial charge in [0.2, 0.25) is 70.9 Å². The van der Waals surface area contributed by atoms with Crippen molar-refractivity contribution >= 4 is 95.5 Å². The van der Waals surface area contributed by atoms with E-state index in [4.69, 9.17) is 17.2 Å². The molecule has 94 heavy (non-hydrogen) atoms. The normalized spacial score (nSPS) is 15.8. The van der Waals surface area contributed by atoms with E-state index in [0.29, 0.717) is 23.1 Å².